The minimum absolute atomic E-state index is 0.0461. The molecule has 0 fully saturated rings. The van der Waals surface area contributed by atoms with E-state index in [-0.39, 0.29) is 18.4 Å². The van der Waals surface area contributed by atoms with Crippen molar-refractivity contribution in [2.75, 3.05) is 26.7 Å². The molecule has 0 radical (unpaired) electrons. The number of carbonyl (C=O) groups excluding carboxylic acids is 2. The Balaban J connectivity index is 2.64. The van der Waals surface area contributed by atoms with Crippen LogP contribution in [0.2, 0.25) is 0 Å². The highest BCUT2D eigenvalue weighted by Gasteiger charge is 2.19. The average Bonchev–Trinajstić information content (AvgIpc) is 2.88. The third kappa shape index (κ3) is 4.08. The Kier molecular flexibility index (Phi) is 6.21. The van der Waals surface area contributed by atoms with Crippen LogP contribution in [0.15, 0.2) is 6.07 Å². The van der Waals surface area contributed by atoms with Gasteiger partial charge in [-0.25, -0.2) is 0 Å². The number of likely N-dealkylation sites (N-methyl/N-ethyl adjacent to an activating group) is 2. The fourth-order valence-electron chi connectivity index (χ4n) is 2.02. The van der Waals surface area contributed by atoms with Crippen LogP contribution in [-0.4, -0.2) is 58.5 Å². The van der Waals surface area contributed by atoms with E-state index < -0.39 is 0 Å². The Hall–Kier alpha value is -1.85. The molecule has 2 amide bonds. The molecule has 112 valence electrons. The number of rotatable bonds is 7. The van der Waals surface area contributed by atoms with Crippen molar-refractivity contribution in [1.29, 1.82) is 0 Å². The van der Waals surface area contributed by atoms with E-state index in [9.17, 15) is 9.59 Å². The molecule has 0 unspecified atom stereocenters. The lowest BCUT2D eigenvalue weighted by molar-refractivity contribution is -0.131. The van der Waals surface area contributed by atoms with Gasteiger partial charge in [0.1, 0.15) is 5.69 Å². The molecule has 0 bridgehead atoms. The molecule has 6 nitrogen and oxygen atoms in total. The molecule has 0 atom stereocenters. The number of carbonyl (C=O) groups is 2. The van der Waals surface area contributed by atoms with E-state index in [1.165, 1.54) is 4.90 Å². The van der Waals surface area contributed by atoms with Gasteiger partial charge in [-0.1, -0.05) is 13.3 Å². The highest BCUT2D eigenvalue weighted by Crippen LogP contribution is 2.05. The number of aromatic nitrogens is 2. The van der Waals surface area contributed by atoms with Gasteiger partial charge in [0.15, 0.2) is 0 Å². The van der Waals surface area contributed by atoms with Crippen molar-refractivity contribution in [2.24, 2.45) is 0 Å². The van der Waals surface area contributed by atoms with Crippen molar-refractivity contribution in [3.63, 3.8) is 0 Å². The van der Waals surface area contributed by atoms with Crippen LogP contribution in [0.4, 0.5) is 0 Å². The molecule has 20 heavy (non-hydrogen) atoms. The molecule has 1 rings (SSSR count). The van der Waals surface area contributed by atoms with Gasteiger partial charge in [0, 0.05) is 25.8 Å². The summed E-state index contributed by atoms with van der Waals surface area (Å²) in [6.45, 7) is 7.30. The lowest BCUT2D eigenvalue weighted by Crippen LogP contribution is -2.41. The zero-order chi connectivity index (χ0) is 15.1. The summed E-state index contributed by atoms with van der Waals surface area (Å²) < 4.78 is 0. The van der Waals surface area contributed by atoms with Crippen LogP contribution in [0, 0.1) is 0 Å². The van der Waals surface area contributed by atoms with Gasteiger partial charge < -0.3 is 9.80 Å². The van der Waals surface area contributed by atoms with E-state index in [2.05, 4.69) is 17.1 Å². The molecule has 6 heteroatoms. The Morgan fingerprint density at radius 2 is 1.90 bits per heavy atom. The van der Waals surface area contributed by atoms with Gasteiger partial charge in [0.2, 0.25) is 5.91 Å². The molecular formula is C14H24N4O2. The first-order valence-electron chi connectivity index (χ1n) is 7.10. The molecular weight excluding hydrogens is 256 g/mol. The van der Waals surface area contributed by atoms with Crippen LogP contribution < -0.4 is 0 Å². The highest BCUT2D eigenvalue weighted by atomic mass is 16.2. The summed E-state index contributed by atoms with van der Waals surface area (Å²) in [4.78, 5) is 27.2. The van der Waals surface area contributed by atoms with Crippen LogP contribution in [0.3, 0.4) is 0 Å². The smallest absolute Gasteiger partial charge is 0.274 e. The summed E-state index contributed by atoms with van der Waals surface area (Å²) in [5.41, 5.74) is 1.31. The second-order valence-corrected chi connectivity index (χ2v) is 4.76. The number of hydrogen-bond donors (Lipinski definition) is 1. The van der Waals surface area contributed by atoms with Crippen LogP contribution in [0.25, 0.3) is 0 Å². The molecule has 0 spiro atoms. The maximum absolute atomic E-state index is 12.2. The lowest BCUT2D eigenvalue weighted by Gasteiger charge is -2.22. The normalized spacial score (nSPS) is 10.4. The number of hydrogen-bond acceptors (Lipinski definition) is 3. The van der Waals surface area contributed by atoms with Crippen molar-refractivity contribution < 1.29 is 9.59 Å². The molecule has 1 heterocycles. The van der Waals surface area contributed by atoms with Crippen molar-refractivity contribution in [1.82, 2.24) is 20.0 Å². The second kappa shape index (κ2) is 7.67. The number of nitrogens with zero attached hydrogens (tertiary/aromatic N) is 3. The topological polar surface area (TPSA) is 69.3 Å². The molecule has 0 aromatic carbocycles. The second-order valence-electron chi connectivity index (χ2n) is 4.76. The van der Waals surface area contributed by atoms with Gasteiger partial charge in [0.25, 0.3) is 5.91 Å². The van der Waals surface area contributed by atoms with E-state index in [0.717, 1.165) is 18.5 Å². The minimum Gasteiger partial charge on any atom is -0.342 e. The summed E-state index contributed by atoms with van der Waals surface area (Å²) in [7, 11) is 1.62. The fraction of sp³-hybridized carbons (Fsp3) is 0.643. The summed E-state index contributed by atoms with van der Waals surface area (Å²) in [6.07, 6.45) is 1.86. The molecule has 0 aliphatic heterocycles. The Labute approximate surface area is 120 Å². The maximum Gasteiger partial charge on any atom is 0.274 e. The molecule has 1 aromatic heterocycles. The van der Waals surface area contributed by atoms with Crippen LogP contribution >= 0.6 is 0 Å². The minimum atomic E-state index is -0.232. The molecule has 0 saturated heterocycles. The third-order valence-electron chi connectivity index (χ3n) is 3.20. The van der Waals surface area contributed by atoms with Crippen LogP contribution in [-0.2, 0) is 11.2 Å². The standard InChI is InChI=1S/C14H24N4O2/c1-5-8-11-9-12(16-15-11)14(20)17(4)10-13(19)18(6-2)7-3/h9H,5-8,10H2,1-4H3,(H,15,16). The van der Waals surface area contributed by atoms with Gasteiger partial charge in [-0.15, -0.1) is 0 Å². The predicted octanol–water partition coefficient (Wildman–Crippen LogP) is 1.30. The fourth-order valence-corrected chi connectivity index (χ4v) is 2.02. The average molecular weight is 280 g/mol. The number of amides is 2. The van der Waals surface area contributed by atoms with E-state index in [1.54, 1.807) is 18.0 Å². The first-order valence-corrected chi connectivity index (χ1v) is 7.10. The Bertz CT molecular complexity index is 452. The number of H-pyrrole nitrogens is 1. The summed E-state index contributed by atoms with van der Waals surface area (Å²) in [5, 5.41) is 6.86. The van der Waals surface area contributed by atoms with Gasteiger partial charge >= 0.3 is 0 Å². The molecule has 1 aromatic rings. The van der Waals surface area contributed by atoms with E-state index in [4.69, 9.17) is 0 Å². The largest absolute Gasteiger partial charge is 0.342 e. The summed E-state index contributed by atoms with van der Waals surface area (Å²) in [6, 6.07) is 1.75. The highest BCUT2D eigenvalue weighted by molar-refractivity contribution is 5.94. The molecule has 0 saturated carbocycles. The van der Waals surface area contributed by atoms with Crippen molar-refractivity contribution in [3.8, 4) is 0 Å². The van der Waals surface area contributed by atoms with E-state index in [0.29, 0.717) is 18.8 Å². The lowest BCUT2D eigenvalue weighted by atomic mass is 10.2. The van der Waals surface area contributed by atoms with Crippen molar-refractivity contribution in [2.45, 2.75) is 33.6 Å². The van der Waals surface area contributed by atoms with Crippen LogP contribution in [0.5, 0.6) is 0 Å². The van der Waals surface area contributed by atoms with E-state index >= 15 is 0 Å². The number of aryl methyl sites for hydroxylation is 1. The molecule has 1 N–H and O–H groups in total. The van der Waals surface area contributed by atoms with Crippen molar-refractivity contribution in [3.05, 3.63) is 17.5 Å². The summed E-state index contributed by atoms with van der Waals surface area (Å²) in [5.74, 6) is -0.278. The third-order valence-corrected chi connectivity index (χ3v) is 3.20. The molecule has 0 aliphatic rings. The van der Waals surface area contributed by atoms with Gasteiger partial charge in [0.05, 0.1) is 6.54 Å². The van der Waals surface area contributed by atoms with Gasteiger partial charge in [-0.2, -0.15) is 5.10 Å². The quantitative estimate of drug-likeness (QED) is 0.818. The van der Waals surface area contributed by atoms with Gasteiger partial charge in [-0.05, 0) is 26.3 Å². The Morgan fingerprint density at radius 1 is 1.25 bits per heavy atom. The SMILES string of the molecule is CCCc1cc(C(=O)N(C)CC(=O)N(CC)CC)n[nH]1. The predicted molar refractivity (Wildman–Crippen MR) is 77.5 cm³/mol. The number of nitrogens with one attached hydrogen (secondary N) is 1. The first-order chi connectivity index (χ1) is 9.53. The zero-order valence-electron chi connectivity index (χ0n) is 12.8. The van der Waals surface area contributed by atoms with Gasteiger partial charge in [-0.3, -0.25) is 14.7 Å². The number of aromatic amines is 1. The first kappa shape index (κ1) is 16.2. The van der Waals surface area contributed by atoms with Crippen molar-refractivity contribution >= 4 is 11.8 Å². The molecule has 0 aliphatic carbocycles. The maximum atomic E-state index is 12.2. The van der Waals surface area contributed by atoms with E-state index in [1.807, 2.05) is 13.8 Å². The van der Waals surface area contributed by atoms with Crippen LogP contribution in [0.1, 0.15) is 43.4 Å². The monoisotopic (exact) mass is 280 g/mol. The Morgan fingerprint density at radius 3 is 2.45 bits per heavy atom. The summed E-state index contributed by atoms with van der Waals surface area (Å²) >= 11 is 0. The zero-order valence-corrected chi connectivity index (χ0v) is 12.8.